The second kappa shape index (κ2) is 6.48. The van der Waals surface area contributed by atoms with Gasteiger partial charge in [-0.1, -0.05) is 12.1 Å². The van der Waals surface area contributed by atoms with Crippen molar-refractivity contribution in [2.24, 2.45) is 11.8 Å². The number of cyclic esters (lactones) is 1. The molecule has 1 aliphatic carbocycles. The molecule has 1 heterocycles. The fourth-order valence-electron chi connectivity index (χ4n) is 2.98. The zero-order valence-corrected chi connectivity index (χ0v) is 13.4. The second-order valence-electron chi connectivity index (χ2n) is 5.91. The Morgan fingerprint density at radius 2 is 2.09 bits per heavy atom. The number of amides is 1. The smallest absolute Gasteiger partial charge is 0.410 e. The molecule has 3 atom stereocenters. The van der Waals surface area contributed by atoms with Gasteiger partial charge < -0.3 is 19.1 Å². The number of rotatable bonds is 6. The summed E-state index contributed by atoms with van der Waals surface area (Å²) >= 11 is 0. The molecule has 1 saturated heterocycles. The van der Waals surface area contributed by atoms with Crippen LogP contribution in [-0.2, 0) is 20.8 Å². The van der Waals surface area contributed by atoms with E-state index >= 15 is 0 Å². The largest absolute Gasteiger partial charge is 0.497 e. The van der Waals surface area contributed by atoms with Crippen molar-refractivity contribution >= 4 is 12.1 Å². The Balaban J connectivity index is 1.55. The number of carbonyl (C=O) groups is 2. The second-order valence-corrected chi connectivity index (χ2v) is 5.91. The minimum Gasteiger partial charge on any atom is -0.497 e. The maximum absolute atomic E-state index is 12.0. The van der Waals surface area contributed by atoms with Gasteiger partial charge in [0.05, 0.1) is 26.2 Å². The van der Waals surface area contributed by atoms with Crippen LogP contribution in [0.3, 0.4) is 0 Å². The van der Waals surface area contributed by atoms with Crippen LogP contribution in [0.5, 0.6) is 5.75 Å². The Kier molecular flexibility index (Phi) is 4.41. The molecule has 2 fully saturated rings. The molecule has 0 aromatic heterocycles. The van der Waals surface area contributed by atoms with Gasteiger partial charge in [-0.05, 0) is 31.0 Å². The van der Waals surface area contributed by atoms with Crippen LogP contribution in [0.2, 0.25) is 0 Å². The minimum atomic E-state index is -0.319. The SMILES string of the molecule is CCOC(=O)[C@H]1C[C@@H]1[C@@H]1CN(Cc2ccc(OC)cc2)C(=O)O1. The monoisotopic (exact) mass is 319 g/mol. The highest BCUT2D eigenvalue weighted by atomic mass is 16.6. The minimum absolute atomic E-state index is 0.0962. The Labute approximate surface area is 135 Å². The van der Waals surface area contributed by atoms with E-state index in [0.29, 0.717) is 19.7 Å². The lowest BCUT2D eigenvalue weighted by Crippen LogP contribution is -2.25. The average molecular weight is 319 g/mol. The van der Waals surface area contributed by atoms with Gasteiger partial charge in [-0.25, -0.2) is 4.79 Å². The van der Waals surface area contributed by atoms with Crippen molar-refractivity contribution in [3.8, 4) is 5.75 Å². The predicted molar refractivity (Wildman–Crippen MR) is 81.9 cm³/mol. The molecule has 0 N–H and O–H groups in total. The molecule has 1 aromatic carbocycles. The molecule has 0 radical (unpaired) electrons. The molecule has 6 nitrogen and oxygen atoms in total. The van der Waals surface area contributed by atoms with Crippen molar-refractivity contribution in [3.05, 3.63) is 29.8 Å². The molecule has 6 heteroatoms. The van der Waals surface area contributed by atoms with Gasteiger partial charge in [0, 0.05) is 12.5 Å². The number of methoxy groups -OCH3 is 1. The number of hydrogen-bond acceptors (Lipinski definition) is 5. The van der Waals surface area contributed by atoms with Gasteiger partial charge in [-0.2, -0.15) is 0 Å². The van der Waals surface area contributed by atoms with Gasteiger partial charge in [0.15, 0.2) is 0 Å². The van der Waals surface area contributed by atoms with Crippen LogP contribution in [0.15, 0.2) is 24.3 Å². The molecule has 0 bridgehead atoms. The molecule has 0 unspecified atom stereocenters. The van der Waals surface area contributed by atoms with E-state index in [1.807, 2.05) is 24.3 Å². The van der Waals surface area contributed by atoms with Gasteiger partial charge in [0.25, 0.3) is 0 Å². The lowest BCUT2D eigenvalue weighted by Gasteiger charge is -2.13. The lowest BCUT2D eigenvalue weighted by atomic mass is 10.1. The van der Waals surface area contributed by atoms with Crippen LogP contribution in [0, 0.1) is 11.8 Å². The van der Waals surface area contributed by atoms with Crippen LogP contribution in [0.25, 0.3) is 0 Å². The summed E-state index contributed by atoms with van der Waals surface area (Å²) in [5.41, 5.74) is 1.01. The molecule has 23 heavy (non-hydrogen) atoms. The Morgan fingerprint density at radius 1 is 1.35 bits per heavy atom. The first-order valence-electron chi connectivity index (χ1n) is 7.87. The van der Waals surface area contributed by atoms with Crippen LogP contribution >= 0.6 is 0 Å². The van der Waals surface area contributed by atoms with E-state index in [4.69, 9.17) is 14.2 Å². The van der Waals surface area contributed by atoms with Crippen molar-refractivity contribution in [2.75, 3.05) is 20.3 Å². The van der Waals surface area contributed by atoms with E-state index < -0.39 is 0 Å². The molecule has 0 spiro atoms. The summed E-state index contributed by atoms with van der Waals surface area (Å²) in [6.07, 6.45) is 0.211. The van der Waals surface area contributed by atoms with Crippen molar-refractivity contribution in [1.29, 1.82) is 0 Å². The van der Waals surface area contributed by atoms with E-state index in [1.165, 1.54) is 0 Å². The summed E-state index contributed by atoms with van der Waals surface area (Å²) in [5.74, 6) is 0.584. The van der Waals surface area contributed by atoms with Crippen molar-refractivity contribution in [1.82, 2.24) is 4.90 Å². The highest BCUT2D eigenvalue weighted by molar-refractivity contribution is 5.76. The molecule has 124 valence electrons. The molecule has 2 aliphatic rings. The highest BCUT2D eigenvalue weighted by Crippen LogP contribution is 2.45. The van der Waals surface area contributed by atoms with Gasteiger partial charge >= 0.3 is 12.1 Å². The third-order valence-electron chi connectivity index (χ3n) is 4.35. The van der Waals surface area contributed by atoms with Crippen LogP contribution in [0.1, 0.15) is 18.9 Å². The van der Waals surface area contributed by atoms with Crippen LogP contribution in [-0.4, -0.2) is 43.3 Å². The van der Waals surface area contributed by atoms with E-state index in [2.05, 4.69) is 0 Å². The first-order chi connectivity index (χ1) is 11.1. The molecular formula is C17H21NO5. The highest BCUT2D eigenvalue weighted by Gasteiger charge is 2.53. The number of ether oxygens (including phenoxy) is 3. The fraction of sp³-hybridized carbons (Fsp3) is 0.529. The lowest BCUT2D eigenvalue weighted by molar-refractivity contribution is -0.145. The summed E-state index contributed by atoms with van der Waals surface area (Å²) < 4.78 is 15.6. The fourth-order valence-corrected chi connectivity index (χ4v) is 2.98. The van der Waals surface area contributed by atoms with Gasteiger partial charge in [-0.15, -0.1) is 0 Å². The normalized spacial score (nSPS) is 25.9. The maximum Gasteiger partial charge on any atom is 0.410 e. The summed E-state index contributed by atoms with van der Waals surface area (Å²) in [6.45, 7) is 3.19. The maximum atomic E-state index is 12.0. The molecule has 1 aliphatic heterocycles. The first kappa shape index (κ1) is 15.6. The number of hydrogen-bond donors (Lipinski definition) is 0. The Hall–Kier alpha value is -2.24. The van der Waals surface area contributed by atoms with Crippen molar-refractivity contribution in [3.63, 3.8) is 0 Å². The number of esters is 1. The zero-order valence-electron chi connectivity index (χ0n) is 13.4. The number of benzene rings is 1. The topological polar surface area (TPSA) is 65.1 Å². The summed E-state index contributed by atoms with van der Waals surface area (Å²) in [4.78, 5) is 25.4. The molecule has 1 amide bonds. The van der Waals surface area contributed by atoms with Gasteiger partial charge in [0.2, 0.25) is 0 Å². The summed E-state index contributed by atoms with van der Waals surface area (Å²) in [6, 6.07) is 7.59. The summed E-state index contributed by atoms with van der Waals surface area (Å²) in [7, 11) is 1.62. The van der Waals surface area contributed by atoms with E-state index in [0.717, 1.165) is 17.7 Å². The third-order valence-corrected chi connectivity index (χ3v) is 4.35. The van der Waals surface area contributed by atoms with E-state index in [9.17, 15) is 9.59 Å². The Morgan fingerprint density at radius 3 is 2.74 bits per heavy atom. The Bertz CT molecular complexity index is 585. The quantitative estimate of drug-likeness (QED) is 0.752. The predicted octanol–water partition coefficient (Wildman–Crippen LogP) is 2.22. The average Bonchev–Trinajstić information content (AvgIpc) is 3.28. The van der Waals surface area contributed by atoms with E-state index in [-0.39, 0.29) is 30.0 Å². The van der Waals surface area contributed by atoms with Crippen LogP contribution < -0.4 is 4.74 Å². The van der Waals surface area contributed by atoms with Crippen molar-refractivity contribution < 1.29 is 23.8 Å². The molecular weight excluding hydrogens is 298 g/mol. The standard InChI is InChI=1S/C17H21NO5/c1-3-22-16(19)14-8-13(14)15-10-18(17(20)23-15)9-11-4-6-12(21-2)7-5-11/h4-7,13-15H,3,8-10H2,1-2H3/t13-,14-,15-/m0/s1. The zero-order chi connectivity index (χ0) is 16.4. The van der Waals surface area contributed by atoms with Gasteiger partial charge in [-0.3, -0.25) is 4.79 Å². The molecule has 3 rings (SSSR count). The van der Waals surface area contributed by atoms with E-state index in [1.54, 1.807) is 18.9 Å². The first-order valence-corrected chi connectivity index (χ1v) is 7.87. The molecule has 1 aromatic rings. The third kappa shape index (κ3) is 3.41. The number of carbonyl (C=O) groups excluding carboxylic acids is 2. The number of nitrogens with zero attached hydrogens (tertiary/aromatic N) is 1. The molecule has 1 saturated carbocycles. The van der Waals surface area contributed by atoms with Gasteiger partial charge in [0.1, 0.15) is 11.9 Å². The van der Waals surface area contributed by atoms with Crippen molar-refractivity contribution in [2.45, 2.75) is 26.0 Å². The summed E-state index contributed by atoms with van der Waals surface area (Å²) in [5, 5.41) is 0. The van der Waals surface area contributed by atoms with Crippen LogP contribution in [0.4, 0.5) is 4.79 Å².